The molecule has 38 heavy (non-hydrogen) atoms. The Kier molecular flexibility index (Phi) is 4.64. The van der Waals surface area contributed by atoms with Crippen LogP contribution in [-0.2, 0) is 6.42 Å². The van der Waals surface area contributed by atoms with Gasteiger partial charge in [-0.05, 0) is 37.4 Å². The lowest BCUT2D eigenvalue weighted by Crippen LogP contribution is -2.72. The third kappa shape index (κ3) is 2.94. The molecule has 0 fully saturated rings. The normalized spacial score (nSPS) is 13.9. The average Bonchev–Trinajstić information content (AvgIpc) is 3.51. The van der Waals surface area contributed by atoms with Crippen molar-refractivity contribution in [1.29, 1.82) is 0 Å². The minimum absolute atomic E-state index is 0.849. The summed E-state index contributed by atoms with van der Waals surface area (Å²) >= 11 is 0. The molecule has 0 unspecified atom stereocenters. The van der Waals surface area contributed by atoms with Crippen molar-refractivity contribution in [2.45, 2.75) is 6.42 Å². The Morgan fingerprint density at radius 1 is 0.526 bits per heavy atom. The molecule has 1 aromatic heterocycles. The smallest absolute Gasteiger partial charge is 0.180 e. The summed E-state index contributed by atoms with van der Waals surface area (Å²) < 4.78 is 0. The Labute approximate surface area is 223 Å². The highest BCUT2D eigenvalue weighted by molar-refractivity contribution is 7.22. The minimum Gasteiger partial charge on any atom is -0.252 e. The third-order valence-corrected chi connectivity index (χ3v) is 13.1. The summed E-state index contributed by atoms with van der Waals surface area (Å²) in [5, 5.41) is 5.75. The largest absolute Gasteiger partial charge is 0.252 e. The number of benzene rings is 5. The summed E-state index contributed by atoms with van der Waals surface area (Å²) in [4.78, 5) is 9.91. The molecular formula is C35H24N2Si. The van der Waals surface area contributed by atoms with E-state index in [1.807, 2.05) is 6.20 Å². The topological polar surface area (TPSA) is 25.8 Å². The number of hydrogen-bond donors (Lipinski definition) is 0. The SMILES string of the molecule is c1ccc([Si]2(c3ccc(-c4cnc5c(n4)Cc4ccccc4-5)cc3)c3ccccc3-c3ccccc32)cc1. The Bertz CT molecular complexity index is 1800. The molecule has 0 saturated heterocycles. The molecule has 0 bridgehead atoms. The molecule has 0 atom stereocenters. The molecule has 2 nitrogen and oxygen atoms in total. The standard InChI is InChI=1S/C35H24N2Si/c1-2-11-26(12-3-1)38(33-16-8-6-14-29(33)30-15-7-9-17-34(30)38)27-20-18-24(19-21-27)32-23-36-35-28-13-5-4-10-25(28)22-31(35)37-32/h1-21,23H,22H2. The highest BCUT2D eigenvalue weighted by Crippen LogP contribution is 2.35. The fraction of sp³-hybridized carbons (Fsp3) is 0.0286. The van der Waals surface area contributed by atoms with Crippen LogP contribution in [0.3, 0.4) is 0 Å². The van der Waals surface area contributed by atoms with Crippen molar-refractivity contribution in [3.05, 3.63) is 145 Å². The maximum atomic E-state index is 5.06. The van der Waals surface area contributed by atoms with Crippen LogP contribution in [-0.4, -0.2) is 18.0 Å². The van der Waals surface area contributed by atoms with Crippen molar-refractivity contribution in [3.63, 3.8) is 0 Å². The highest BCUT2D eigenvalue weighted by atomic mass is 28.3. The molecule has 2 aliphatic rings. The molecule has 0 saturated carbocycles. The zero-order valence-electron chi connectivity index (χ0n) is 20.8. The maximum absolute atomic E-state index is 5.06. The molecule has 6 aromatic rings. The Hall–Kier alpha value is -4.60. The first kappa shape index (κ1) is 21.5. The summed E-state index contributed by atoms with van der Waals surface area (Å²) in [6, 6.07) is 46.8. The van der Waals surface area contributed by atoms with Crippen LogP contribution in [0.15, 0.2) is 134 Å². The zero-order valence-corrected chi connectivity index (χ0v) is 21.8. The van der Waals surface area contributed by atoms with Gasteiger partial charge in [-0.15, -0.1) is 0 Å². The number of nitrogens with zero attached hydrogens (tertiary/aromatic N) is 2. The van der Waals surface area contributed by atoms with Crippen molar-refractivity contribution in [2.75, 3.05) is 0 Å². The zero-order chi connectivity index (χ0) is 25.1. The Morgan fingerprint density at radius 2 is 1.11 bits per heavy atom. The van der Waals surface area contributed by atoms with Crippen LogP contribution in [0.5, 0.6) is 0 Å². The van der Waals surface area contributed by atoms with Crippen LogP contribution >= 0.6 is 0 Å². The van der Waals surface area contributed by atoms with Gasteiger partial charge in [-0.25, -0.2) is 4.98 Å². The molecule has 3 heteroatoms. The van der Waals surface area contributed by atoms with Gasteiger partial charge in [-0.1, -0.05) is 127 Å². The van der Waals surface area contributed by atoms with Crippen molar-refractivity contribution in [1.82, 2.24) is 9.97 Å². The molecule has 8 rings (SSSR count). The van der Waals surface area contributed by atoms with Crippen molar-refractivity contribution >= 4 is 28.8 Å². The first-order valence-electron chi connectivity index (χ1n) is 13.1. The van der Waals surface area contributed by atoms with Crippen LogP contribution in [0.2, 0.25) is 0 Å². The minimum atomic E-state index is -2.45. The molecule has 0 N–H and O–H groups in total. The molecular weight excluding hydrogens is 476 g/mol. The number of rotatable bonds is 3. The molecule has 1 aliphatic carbocycles. The Morgan fingerprint density at radius 3 is 1.82 bits per heavy atom. The van der Waals surface area contributed by atoms with Crippen LogP contribution in [0.25, 0.3) is 33.6 Å². The van der Waals surface area contributed by atoms with Gasteiger partial charge in [-0.3, -0.25) is 4.98 Å². The van der Waals surface area contributed by atoms with Gasteiger partial charge in [0.1, 0.15) is 0 Å². The number of aromatic nitrogens is 2. The van der Waals surface area contributed by atoms with E-state index >= 15 is 0 Å². The fourth-order valence-corrected chi connectivity index (χ4v) is 11.8. The summed E-state index contributed by atoms with van der Waals surface area (Å²) in [6.07, 6.45) is 2.78. The van der Waals surface area contributed by atoms with Crippen LogP contribution in [0.4, 0.5) is 0 Å². The van der Waals surface area contributed by atoms with E-state index in [0.717, 1.165) is 29.1 Å². The van der Waals surface area contributed by atoms with Crippen molar-refractivity contribution < 1.29 is 0 Å². The van der Waals surface area contributed by atoms with E-state index in [4.69, 9.17) is 9.97 Å². The lowest BCUT2D eigenvalue weighted by Gasteiger charge is -2.31. The maximum Gasteiger partial charge on any atom is 0.180 e. The lowest BCUT2D eigenvalue weighted by molar-refractivity contribution is 1.09. The molecule has 5 aromatic carbocycles. The van der Waals surface area contributed by atoms with E-state index in [9.17, 15) is 0 Å². The predicted molar refractivity (Wildman–Crippen MR) is 158 cm³/mol. The van der Waals surface area contributed by atoms with Gasteiger partial charge in [0.05, 0.1) is 23.3 Å². The third-order valence-electron chi connectivity index (χ3n) is 8.25. The average molecular weight is 501 g/mol. The van der Waals surface area contributed by atoms with Crippen LogP contribution in [0, 0.1) is 0 Å². The second-order valence-electron chi connectivity index (χ2n) is 10.2. The van der Waals surface area contributed by atoms with E-state index in [-0.39, 0.29) is 0 Å². The van der Waals surface area contributed by atoms with E-state index in [1.54, 1.807) is 0 Å². The Balaban J connectivity index is 1.28. The molecule has 178 valence electrons. The molecule has 0 amide bonds. The fourth-order valence-electron chi connectivity index (χ4n) is 6.60. The predicted octanol–water partition coefficient (Wildman–Crippen LogP) is 5.07. The molecule has 2 heterocycles. The molecule has 0 spiro atoms. The number of fused-ring (bicyclic) bond motifs is 6. The molecule has 1 aliphatic heterocycles. The summed E-state index contributed by atoms with van der Waals surface area (Å²) in [7, 11) is -2.45. The number of hydrogen-bond acceptors (Lipinski definition) is 2. The van der Waals surface area contributed by atoms with E-state index in [1.165, 1.54) is 43.0 Å². The quantitative estimate of drug-likeness (QED) is 0.317. The lowest BCUT2D eigenvalue weighted by atomic mass is 10.1. The van der Waals surface area contributed by atoms with Crippen LogP contribution in [0.1, 0.15) is 11.3 Å². The van der Waals surface area contributed by atoms with Gasteiger partial charge in [0.2, 0.25) is 0 Å². The second-order valence-corrected chi connectivity index (χ2v) is 13.9. The second kappa shape index (κ2) is 8.20. The first-order valence-corrected chi connectivity index (χ1v) is 15.1. The monoisotopic (exact) mass is 500 g/mol. The van der Waals surface area contributed by atoms with E-state index in [0.29, 0.717) is 0 Å². The van der Waals surface area contributed by atoms with Gasteiger partial charge < -0.3 is 0 Å². The van der Waals surface area contributed by atoms with Gasteiger partial charge in [-0.2, -0.15) is 0 Å². The van der Waals surface area contributed by atoms with Crippen molar-refractivity contribution in [3.8, 4) is 33.6 Å². The van der Waals surface area contributed by atoms with Crippen LogP contribution < -0.4 is 20.7 Å². The van der Waals surface area contributed by atoms with Gasteiger partial charge in [0.15, 0.2) is 8.07 Å². The van der Waals surface area contributed by atoms with E-state index in [2.05, 4.69) is 127 Å². The first-order chi connectivity index (χ1) is 18.8. The highest BCUT2D eigenvalue weighted by Gasteiger charge is 2.48. The van der Waals surface area contributed by atoms with Gasteiger partial charge >= 0.3 is 0 Å². The van der Waals surface area contributed by atoms with Crippen molar-refractivity contribution in [2.24, 2.45) is 0 Å². The summed E-state index contributed by atoms with van der Waals surface area (Å²) in [5.74, 6) is 0. The van der Waals surface area contributed by atoms with E-state index < -0.39 is 8.07 Å². The summed E-state index contributed by atoms with van der Waals surface area (Å²) in [6.45, 7) is 0. The molecule has 0 radical (unpaired) electrons. The summed E-state index contributed by atoms with van der Waals surface area (Å²) in [5.41, 5.74) is 9.40. The van der Waals surface area contributed by atoms with Gasteiger partial charge in [0.25, 0.3) is 0 Å². The van der Waals surface area contributed by atoms with Gasteiger partial charge in [0, 0.05) is 17.5 Å².